The highest BCUT2D eigenvalue weighted by Gasteiger charge is 2.18. The molecule has 0 aliphatic carbocycles. The normalized spacial score (nSPS) is 12.9. The van der Waals surface area contributed by atoms with E-state index in [9.17, 15) is 9.18 Å². The molecule has 0 radical (unpaired) electrons. The molecule has 1 unspecified atom stereocenters. The fraction of sp³-hybridized carbons (Fsp3) is 0.500. The van der Waals surface area contributed by atoms with E-state index in [2.05, 4.69) is 5.32 Å². The van der Waals surface area contributed by atoms with E-state index >= 15 is 0 Å². The minimum atomic E-state index is -0.677. The van der Waals surface area contributed by atoms with E-state index in [1.165, 1.54) is 6.07 Å². The molecule has 0 bridgehead atoms. The molecule has 1 amide bonds. The van der Waals surface area contributed by atoms with Crippen LogP contribution in [0.25, 0.3) is 0 Å². The van der Waals surface area contributed by atoms with Gasteiger partial charge in [-0.1, -0.05) is 13.0 Å². The average Bonchev–Trinajstić information content (AvgIpc) is 2.28. The van der Waals surface area contributed by atoms with Gasteiger partial charge in [0.1, 0.15) is 11.4 Å². The van der Waals surface area contributed by atoms with Crippen molar-refractivity contribution in [3.05, 3.63) is 29.6 Å². The fourth-order valence-electron chi connectivity index (χ4n) is 1.49. The number of nitrogens with one attached hydrogen (secondary N) is 1. The van der Waals surface area contributed by atoms with Crippen LogP contribution in [0.3, 0.4) is 0 Å². The fourth-order valence-corrected chi connectivity index (χ4v) is 1.49. The lowest BCUT2D eigenvalue weighted by Gasteiger charge is -2.20. The Hall–Kier alpha value is -1.62. The number of carbonyl (C=O) groups is 1. The zero-order chi connectivity index (χ0) is 14.6. The van der Waals surface area contributed by atoms with Crippen LogP contribution in [0.4, 0.5) is 14.9 Å². The van der Waals surface area contributed by atoms with Crippen LogP contribution >= 0.6 is 0 Å². The Kier molecular flexibility index (Phi) is 4.89. The number of hydrogen-bond donors (Lipinski definition) is 2. The lowest BCUT2D eigenvalue weighted by molar-refractivity contribution is 0.0635. The Morgan fingerprint density at radius 2 is 2.11 bits per heavy atom. The predicted octanol–water partition coefficient (Wildman–Crippen LogP) is 3.23. The summed E-state index contributed by atoms with van der Waals surface area (Å²) in [6, 6.07) is 4.55. The Morgan fingerprint density at radius 1 is 1.47 bits per heavy atom. The molecule has 1 rings (SSSR count). The molecule has 0 heterocycles. The number of halogens is 1. The highest BCUT2D eigenvalue weighted by Crippen LogP contribution is 2.22. The third kappa shape index (κ3) is 4.87. The van der Waals surface area contributed by atoms with Crippen LogP contribution in [0, 0.1) is 5.82 Å². The molecular weight excluding hydrogens is 247 g/mol. The van der Waals surface area contributed by atoms with Crippen molar-refractivity contribution in [2.24, 2.45) is 5.73 Å². The first-order chi connectivity index (χ1) is 8.73. The zero-order valence-electron chi connectivity index (χ0n) is 11.8. The second-order valence-electron chi connectivity index (χ2n) is 5.50. The Balaban J connectivity index is 2.85. The van der Waals surface area contributed by atoms with E-state index in [0.29, 0.717) is 6.54 Å². The van der Waals surface area contributed by atoms with E-state index in [-0.39, 0.29) is 11.6 Å². The summed E-state index contributed by atoms with van der Waals surface area (Å²) in [5.74, 6) is -0.404. The molecule has 1 aromatic rings. The second kappa shape index (κ2) is 6.02. The van der Waals surface area contributed by atoms with E-state index in [0.717, 1.165) is 5.56 Å². The molecule has 5 heteroatoms. The Labute approximate surface area is 113 Å². The number of hydrogen-bond acceptors (Lipinski definition) is 3. The molecular formula is C14H21FN2O2. The standard InChI is InChI=1S/C14H21FN2O2/c1-9(8-16)10-5-6-11(15)12(7-10)17-13(18)19-14(2,3)4/h5-7,9H,8,16H2,1-4H3,(H,17,18). The lowest BCUT2D eigenvalue weighted by Crippen LogP contribution is -2.27. The van der Waals surface area contributed by atoms with Crippen molar-refractivity contribution >= 4 is 11.8 Å². The van der Waals surface area contributed by atoms with Gasteiger partial charge in [-0.3, -0.25) is 5.32 Å². The van der Waals surface area contributed by atoms with Gasteiger partial charge in [0.25, 0.3) is 0 Å². The molecule has 0 aromatic heterocycles. The smallest absolute Gasteiger partial charge is 0.412 e. The Bertz CT molecular complexity index is 455. The number of rotatable bonds is 3. The summed E-state index contributed by atoms with van der Waals surface area (Å²) in [6.07, 6.45) is -0.677. The topological polar surface area (TPSA) is 64.3 Å². The molecule has 0 saturated heterocycles. The molecule has 19 heavy (non-hydrogen) atoms. The minimum Gasteiger partial charge on any atom is -0.444 e. The summed E-state index contributed by atoms with van der Waals surface area (Å²) < 4.78 is 18.7. The van der Waals surface area contributed by atoms with Crippen molar-refractivity contribution in [3.8, 4) is 0 Å². The summed E-state index contributed by atoms with van der Waals surface area (Å²) in [5.41, 5.74) is 5.92. The van der Waals surface area contributed by atoms with E-state index in [1.54, 1.807) is 32.9 Å². The first-order valence-electron chi connectivity index (χ1n) is 6.22. The zero-order valence-corrected chi connectivity index (χ0v) is 11.8. The maximum Gasteiger partial charge on any atom is 0.412 e. The predicted molar refractivity (Wildman–Crippen MR) is 73.7 cm³/mol. The third-order valence-electron chi connectivity index (χ3n) is 2.55. The molecule has 106 valence electrons. The molecule has 0 aliphatic heterocycles. The summed E-state index contributed by atoms with van der Waals surface area (Å²) >= 11 is 0. The average molecular weight is 268 g/mol. The molecule has 3 N–H and O–H groups in total. The van der Waals surface area contributed by atoms with Crippen LogP contribution in [0.15, 0.2) is 18.2 Å². The maximum absolute atomic E-state index is 13.6. The first kappa shape index (κ1) is 15.4. The van der Waals surface area contributed by atoms with Gasteiger partial charge in [0.15, 0.2) is 0 Å². The number of nitrogens with two attached hydrogens (primary N) is 1. The van der Waals surface area contributed by atoms with Gasteiger partial charge in [0.05, 0.1) is 5.69 Å². The highest BCUT2D eigenvalue weighted by atomic mass is 19.1. The van der Waals surface area contributed by atoms with Crippen molar-refractivity contribution in [3.63, 3.8) is 0 Å². The number of amides is 1. The van der Waals surface area contributed by atoms with Gasteiger partial charge >= 0.3 is 6.09 Å². The number of ether oxygens (including phenoxy) is 1. The number of benzene rings is 1. The van der Waals surface area contributed by atoms with E-state index in [1.807, 2.05) is 6.92 Å². The third-order valence-corrected chi connectivity index (χ3v) is 2.55. The largest absolute Gasteiger partial charge is 0.444 e. The quantitative estimate of drug-likeness (QED) is 0.884. The summed E-state index contributed by atoms with van der Waals surface area (Å²) in [7, 11) is 0. The van der Waals surface area contributed by atoms with E-state index < -0.39 is 17.5 Å². The Morgan fingerprint density at radius 3 is 2.63 bits per heavy atom. The molecule has 0 fully saturated rings. The van der Waals surface area contributed by atoms with Crippen molar-refractivity contribution in [1.82, 2.24) is 0 Å². The SMILES string of the molecule is CC(CN)c1ccc(F)c(NC(=O)OC(C)(C)C)c1. The number of carbonyl (C=O) groups excluding carboxylic acids is 1. The van der Waals surface area contributed by atoms with Crippen molar-refractivity contribution in [2.45, 2.75) is 39.2 Å². The van der Waals surface area contributed by atoms with Gasteiger partial charge < -0.3 is 10.5 Å². The summed E-state index contributed by atoms with van der Waals surface area (Å²) in [4.78, 5) is 11.6. The van der Waals surface area contributed by atoms with Crippen LogP contribution in [0.1, 0.15) is 39.2 Å². The van der Waals surface area contributed by atoms with Crippen LogP contribution in [0.2, 0.25) is 0 Å². The lowest BCUT2D eigenvalue weighted by atomic mass is 10.0. The second-order valence-corrected chi connectivity index (χ2v) is 5.50. The first-order valence-corrected chi connectivity index (χ1v) is 6.22. The summed E-state index contributed by atoms with van der Waals surface area (Å²) in [5, 5.41) is 2.41. The van der Waals surface area contributed by atoms with Crippen molar-refractivity contribution < 1.29 is 13.9 Å². The van der Waals surface area contributed by atoms with E-state index in [4.69, 9.17) is 10.5 Å². The van der Waals surface area contributed by atoms with Gasteiger partial charge in [-0.05, 0) is 50.9 Å². The van der Waals surface area contributed by atoms with Gasteiger partial charge in [0.2, 0.25) is 0 Å². The molecule has 0 spiro atoms. The minimum absolute atomic E-state index is 0.0970. The molecule has 1 atom stereocenters. The van der Waals surface area contributed by atoms with Crippen LogP contribution in [0.5, 0.6) is 0 Å². The highest BCUT2D eigenvalue weighted by molar-refractivity contribution is 5.85. The van der Waals surface area contributed by atoms with Gasteiger partial charge in [-0.15, -0.1) is 0 Å². The van der Waals surface area contributed by atoms with Crippen LogP contribution in [-0.2, 0) is 4.74 Å². The monoisotopic (exact) mass is 268 g/mol. The van der Waals surface area contributed by atoms with Gasteiger partial charge in [0, 0.05) is 0 Å². The van der Waals surface area contributed by atoms with Crippen molar-refractivity contribution in [2.75, 3.05) is 11.9 Å². The van der Waals surface area contributed by atoms with Gasteiger partial charge in [-0.2, -0.15) is 0 Å². The molecule has 0 saturated carbocycles. The summed E-state index contributed by atoms with van der Waals surface area (Å²) in [6.45, 7) is 7.63. The van der Waals surface area contributed by atoms with Crippen molar-refractivity contribution in [1.29, 1.82) is 0 Å². The van der Waals surface area contributed by atoms with Gasteiger partial charge in [-0.25, -0.2) is 9.18 Å². The van der Waals surface area contributed by atoms with Crippen LogP contribution < -0.4 is 11.1 Å². The molecule has 0 aliphatic rings. The van der Waals surface area contributed by atoms with Crippen LogP contribution in [-0.4, -0.2) is 18.2 Å². The molecule has 1 aromatic carbocycles. The molecule has 4 nitrogen and oxygen atoms in total. The maximum atomic E-state index is 13.6. The number of anilines is 1.